The number of ether oxygens (including phenoxy) is 1. The molecule has 1 fully saturated rings. The molecule has 0 radical (unpaired) electrons. The van der Waals surface area contributed by atoms with Crippen LogP contribution in [0.5, 0.6) is 0 Å². The number of thiol groups is 1. The van der Waals surface area contributed by atoms with E-state index in [0.29, 0.717) is 16.9 Å². The van der Waals surface area contributed by atoms with E-state index >= 15 is 0 Å². The standard InChI is InChI=1S/C14H18N6O5SSe/c15-10-6-11(17-3-16-10)20(4-18-6)13-8(22)7(21)9(25-13)12(27)19-5(1-2-26)14(23)24/h3-5,7-9,13,21-22,26H,1-2H2,(H,19,27)(H,23,24)(H2,15,16,17)/t5-,7-,8+,9-,13+/m0/s1. The van der Waals surface area contributed by atoms with Gasteiger partial charge in [-0.05, 0) is 0 Å². The maximum absolute atomic E-state index is 11.3. The Hall–Kier alpha value is -1.76. The first kappa shape index (κ1) is 20.0. The van der Waals surface area contributed by atoms with Crippen molar-refractivity contribution in [3.8, 4) is 0 Å². The van der Waals surface area contributed by atoms with E-state index in [0.717, 1.165) is 0 Å². The molecule has 6 N–H and O–H groups in total. The Morgan fingerprint density at radius 1 is 1.41 bits per heavy atom. The third-order valence-electron chi connectivity index (χ3n) is 4.19. The summed E-state index contributed by atoms with van der Waals surface area (Å²) in [5.41, 5.74) is 6.44. The number of fused-ring (bicyclic) bond motifs is 1. The number of nitrogens with one attached hydrogen (secondary N) is 1. The molecule has 0 bridgehead atoms. The Balaban J connectivity index is 1.82. The fourth-order valence-corrected chi connectivity index (χ4v) is 3.77. The van der Waals surface area contributed by atoms with Crippen molar-refractivity contribution in [2.24, 2.45) is 0 Å². The zero-order chi connectivity index (χ0) is 19.7. The van der Waals surface area contributed by atoms with Crippen molar-refractivity contribution in [1.82, 2.24) is 24.8 Å². The van der Waals surface area contributed by atoms with E-state index in [9.17, 15) is 20.1 Å². The fraction of sp³-hybridized carbons (Fsp3) is 0.500. The first-order valence-electron chi connectivity index (χ1n) is 7.93. The topological polar surface area (TPSA) is 169 Å². The number of imidazole rings is 1. The first-order chi connectivity index (χ1) is 12.8. The van der Waals surface area contributed by atoms with E-state index in [2.05, 4.69) is 48.5 Å². The number of rotatable bonds is 7. The normalized spacial score (nSPS) is 26.2. The van der Waals surface area contributed by atoms with Gasteiger partial charge in [0.2, 0.25) is 0 Å². The van der Waals surface area contributed by atoms with Crippen molar-refractivity contribution in [2.45, 2.75) is 37.0 Å². The number of nitrogens with two attached hydrogens (primary N) is 1. The summed E-state index contributed by atoms with van der Waals surface area (Å²) in [6, 6.07) is -0.910. The molecule has 13 heteroatoms. The van der Waals surface area contributed by atoms with Gasteiger partial charge < -0.3 is 0 Å². The van der Waals surface area contributed by atoms with Crippen LogP contribution in [0.3, 0.4) is 0 Å². The van der Waals surface area contributed by atoms with Crippen LogP contribution in [0.25, 0.3) is 11.2 Å². The minimum absolute atomic E-state index is 0.178. The van der Waals surface area contributed by atoms with E-state index < -0.39 is 36.6 Å². The number of aromatic nitrogens is 4. The van der Waals surface area contributed by atoms with Crippen molar-refractivity contribution < 1.29 is 24.9 Å². The number of aliphatic hydroxyl groups is 2. The van der Waals surface area contributed by atoms with Gasteiger partial charge in [0.25, 0.3) is 0 Å². The second kappa shape index (κ2) is 8.08. The molecule has 146 valence electrons. The molecule has 0 saturated carbocycles. The molecule has 0 aliphatic carbocycles. The molecule has 0 aromatic carbocycles. The molecule has 1 aliphatic heterocycles. The van der Waals surface area contributed by atoms with Crippen LogP contribution < -0.4 is 11.1 Å². The van der Waals surface area contributed by atoms with Crippen molar-refractivity contribution >= 4 is 55.7 Å². The van der Waals surface area contributed by atoms with Crippen LogP contribution in [0.15, 0.2) is 12.7 Å². The molecule has 3 heterocycles. The number of anilines is 1. The monoisotopic (exact) mass is 462 g/mol. The first-order valence-corrected chi connectivity index (χ1v) is 9.42. The summed E-state index contributed by atoms with van der Waals surface area (Å²) in [6.45, 7) is 0. The molecule has 3 rings (SSSR count). The Kier molecular flexibility index (Phi) is 5.98. The number of carboxylic acids is 1. The van der Waals surface area contributed by atoms with Gasteiger partial charge in [0.05, 0.1) is 0 Å². The summed E-state index contributed by atoms with van der Waals surface area (Å²) in [7, 11) is 0. The van der Waals surface area contributed by atoms with Gasteiger partial charge in [0.1, 0.15) is 0 Å². The average Bonchev–Trinajstić information content (AvgIpc) is 3.17. The number of nitrogen functional groups attached to an aromatic ring is 1. The molecule has 1 aliphatic rings. The molecule has 1 saturated heterocycles. The number of aliphatic hydroxyl groups excluding tert-OH is 2. The number of aliphatic carboxylic acids is 1. The number of hydrogen-bond donors (Lipinski definition) is 6. The number of carbonyl (C=O) groups is 1. The fourth-order valence-electron chi connectivity index (χ4n) is 2.80. The van der Waals surface area contributed by atoms with E-state index in [4.69, 9.17) is 10.5 Å². The molecule has 11 nitrogen and oxygen atoms in total. The quantitative estimate of drug-likeness (QED) is 0.195. The molecule has 5 atom stereocenters. The number of nitrogens with zero attached hydrogens (tertiary/aromatic N) is 4. The zero-order valence-electron chi connectivity index (χ0n) is 13.8. The van der Waals surface area contributed by atoms with Crippen LogP contribution in [-0.4, -0.2) is 91.0 Å². The average molecular weight is 461 g/mol. The predicted octanol–water partition coefficient (Wildman–Crippen LogP) is -2.31. The van der Waals surface area contributed by atoms with Crippen LogP contribution >= 0.6 is 12.6 Å². The van der Waals surface area contributed by atoms with Crippen molar-refractivity contribution in [1.29, 1.82) is 0 Å². The zero-order valence-corrected chi connectivity index (χ0v) is 16.4. The van der Waals surface area contributed by atoms with Gasteiger partial charge in [-0.1, -0.05) is 0 Å². The summed E-state index contributed by atoms with van der Waals surface area (Å²) in [4.78, 5) is 23.4. The molecule has 0 spiro atoms. The third-order valence-corrected chi connectivity index (χ3v) is 5.18. The van der Waals surface area contributed by atoms with Crippen LogP contribution in [-0.2, 0) is 9.53 Å². The van der Waals surface area contributed by atoms with Crippen LogP contribution in [0.1, 0.15) is 12.6 Å². The molecule has 2 aromatic heterocycles. The second-order valence-electron chi connectivity index (χ2n) is 5.92. The van der Waals surface area contributed by atoms with E-state index in [1.807, 2.05) is 0 Å². The van der Waals surface area contributed by atoms with Crippen LogP contribution in [0, 0.1) is 0 Å². The van der Waals surface area contributed by atoms with Gasteiger partial charge in [0, 0.05) is 0 Å². The number of hydrogen-bond acceptors (Lipinski definition) is 10. The Morgan fingerprint density at radius 3 is 2.81 bits per heavy atom. The van der Waals surface area contributed by atoms with Gasteiger partial charge in [-0.2, -0.15) is 0 Å². The maximum atomic E-state index is 11.3. The van der Waals surface area contributed by atoms with Crippen molar-refractivity contribution in [3.63, 3.8) is 0 Å². The van der Waals surface area contributed by atoms with E-state index in [1.54, 1.807) is 0 Å². The van der Waals surface area contributed by atoms with Gasteiger partial charge in [-0.25, -0.2) is 0 Å². The molecular weight excluding hydrogens is 443 g/mol. The van der Waals surface area contributed by atoms with Gasteiger partial charge in [-0.15, -0.1) is 0 Å². The van der Waals surface area contributed by atoms with E-state index in [1.165, 1.54) is 17.2 Å². The van der Waals surface area contributed by atoms with Crippen molar-refractivity contribution in [3.05, 3.63) is 12.7 Å². The number of carboxylic acid groups (broad SMARTS) is 1. The molecule has 0 amide bonds. The molecule has 2 aromatic rings. The Labute approximate surface area is 166 Å². The Bertz CT molecular complexity index is 866. The molecule has 27 heavy (non-hydrogen) atoms. The van der Waals surface area contributed by atoms with Crippen LogP contribution in [0.4, 0.5) is 5.82 Å². The summed E-state index contributed by atoms with van der Waals surface area (Å²) < 4.78 is 7.48. The Morgan fingerprint density at radius 2 is 2.15 bits per heavy atom. The third kappa shape index (κ3) is 3.79. The summed E-state index contributed by atoms with van der Waals surface area (Å²) in [6.07, 6.45) is -1.69. The SMILES string of the molecule is Nc1ncnc2c1ncn2[C@@H]1O[C@H](C(=[Se])N[C@@H](CCS)C(=O)O)[C@@H](O)[C@H]1O. The van der Waals surface area contributed by atoms with Gasteiger partial charge in [0.15, 0.2) is 0 Å². The van der Waals surface area contributed by atoms with Crippen molar-refractivity contribution in [2.75, 3.05) is 11.5 Å². The molecular formula is C14H18N6O5SSe. The van der Waals surface area contributed by atoms with Gasteiger partial charge in [-0.3, -0.25) is 0 Å². The molecule has 0 unspecified atom stereocenters. The summed E-state index contributed by atoms with van der Waals surface area (Å²) in [5.74, 6) is -0.523. The summed E-state index contributed by atoms with van der Waals surface area (Å²) in [5, 5.41) is 32.9. The van der Waals surface area contributed by atoms with Crippen LogP contribution in [0.2, 0.25) is 0 Å². The predicted molar refractivity (Wildman–Crippen MR) is 99.4 cm³/mol. The minimum atomic E-state index is -1.30. The summed E-state index contributed by atoms with van der Waals surface area (Å²) >= 11 is 6.72. The van der Waals surface area contributed by atoms with E-state index in [-0.39, 0.29) is 16.8 Å². The second-order valence-corrected chi connectivity index (χ2v) is 7.29. The van der Waals surface area contributed by atoms with Gasteiger partial charge >= 0.3 is 167 Å².